The van der Waals surface area contributed by atoms with E-state index in [0.717, 1.165) is 11.1 Å². The van der Waals surface area contributed by atoms with Crippen LogP contribution in [0.3, 0.4) is 0 Å². The molecule has 3 N–H and O–H groups in total. The van der Waals surface area contributed by atoms with E-state index in [-0.39, 0.29) is 11.8 Å². The molecule has 3 amide bonds. The van der Waals surface area contributed by atoms with Gasteiger partial charge in [0.15, 0.2) is 0 Å². The lowest BCUT2D eigenvalue weighted by Gasteiger charge is -2.21. The zero-order valence-corrected chi connectivity index (χ0v) is 19.3. The van der Waals surface area contributed by atoms with Crippen LogP contribution in [0.15, 0.2) is 48.5 Å². The molecule has 0 fully saturated rings. The van der Waals surface area contributed by atoms with Crippen LogP contribution in [0, 0.1) is 12.8 Å². The predicted molar refractivity (Wildman–Crippen MR) is 127 cm³/mol. The molecule has 8 nitrogen and oxygen atoms in total. The van der Waals surface area contributed by atoms with Gasteiger partial charge in [-0.25, -0.2) is 4.79 Å². The number of benzene rings is 2. The summed E-state index contributed by atoms with van der Waals surface area (Å²) in [5, 5.41) is 17.6. The molecule has 0 aliphatic carbocycles. The van der Waals surface area contributed by atoms with E-state index in [0.29, 0.717) is 28.2 Å². The van der Waals surface area contributed by atoms with Crippen molar-refractivity contribution in [2.75, 3.05) is 17.2 Å². The van der Waals surface area contributed by atoms with Crippen molar-refractivity contribution < 1.29 is 14.3 Å². The van der Waals surface area contributed by atoms with E-state index < -0.39 is 12.1 Å². The van der Waals surface area contributed by atoms with E-state index in [1.807, 2.05) is 58.0 Å². The molecule has 1 heterocycles. The Bertz CT molecular complexity index is 1070. The zero-order chi connectivity index (χ0) is 23.1. The van der Waals surface area contributed by atoms with Gasteiger partial charge in [-0.1, -0.05) is 67.1 Å². The summed E-state index contributed by atoms with van der Waals surface area (Å²) < 4.78 is 5.53. The van der Waals surface area contributed by atoms with E-state index >= 15 is 0 Å². The third-order valence-corrected chi connectivity index (χ3v) is 5.51. The van der Waals surface area contributed by atoms with Gasteiger partial charge in [-0.3, -0.25) is 10.1 Å². The van der Waals surface area contributed by atoms with Crippen molar-refractivity contribution in [1.82, 2.24) is 15.5 Å². The molecule has 1 atom stereocenters. The molecule has 0 aliphatic heterocycles. The number of para-hydroxylation sites is 2. The number of aromatic nitrogens is 2. The van der Waals surface area contributed by atoms with Crippen molar-refractivity contribution in [2.45, 2.75) is 33.7 Å². The monoisotopic (exact) mass is 453 g/mol. The summed E-state index contributed by atoms with van der Waals surface area (Å²) in [5.74, 6) is 0.0559. The van der Waals surface area contributed by atoms with Gasteiger partial charge in [0.25, 0.3) is 0 Å². The number of nitrogens with one attached hydrogen (secondary N) is 3. The van der Waals surface area contributed by atoms with Gasteiger partial charge in [0, 0.05) is 5.56 Å². The topological polar surface area (TPSA) is 105 Å². The molecule has 32 heavy (non-hydrogen) atoms. The maximum Gasteiger partial charge on any atom is 0.320 e. The summed E-state index contributed by atoms with van der Waals surface area (Å²) >= 11 is 1.28. The highest BCUT2D eigenvalue weighted by Gasteiger charge is 2.25. The zero-order valence-electron chi connectivity index (χ0n) is 18.5. The van der Waals surface area contributed by atoms with Crippen LogP contribution in [0.4, 0.5) is 15.6 Å². The van der Waals surface area contributed by atoms with Crippen LogP contribution in [0.1, 0.15) is 26.3 Å². The van der Waals surface area contributed by atoms with Gasteiger partial charge in [0.2, 0.25) is 11.0 Å². The van der Waals surface area contributed by atoms with Crippen LogP contribution in [-0.2, 0) is 4.79 Å². The largest absolute Gasteiger partial charge is 0.492 e. The van der Waals surface area contributed by atoms with E-state index in [1.165, 1.54) is 11.3 Å². The van der Waals surface area contributed by atoms with Crippen molar-refractivity contribution in [2.24, 2.45) is 5.92 Å². The van der Waals surface area contributed by atoms with E-state index in [2.05, 4.69) is 26.1 Å². The number of urea groups is 1. The average Bonchev–Trinajstić information content (AvgIpc) is 3.22. The fourth-order valence-electron chi connectivity index (χ4n) is 2.96. The minimum Gasteiger partial charge on any atom is -0.492 e. The van der Waals surface area contributed by atoms with E-state index in [9.17, 15) is 9.59 Å². The van der Waals surface area contributed by atoms with E-state index in [4.69, 9.17) is 4.74 Å². The number of hydrogen-bond donors (Lipinski definition) is 3. The molecule has 0 spiro atoms. The van der Waals surface area contributed by atoms with Gasteiger partial charge in [-0.15, -0.1) is 10.2 Å². The quantitative estimate of drug-likeness (QED) is 0.459. The molecule has 1 aromatic heterocycles. The Morgan fingerprint density at radius 3 is 2.44 bits per heavy atom. The molecule has 0 saturated heterocycles. The molecule has 1 unspecified atom stereocenters. The van der Waals surface area contributed by atoms with Crippen LogP contribution < -0.4 is 20.7 Å². The molecule has 0 saturated carbocycles. The smallest absolute Gasteiger partial charge is 0.320 e. The molecule has 0 bridgehead atoms. The Hall–Kier alpha value is -3.46. The molecule has 3 aromatic rings. The second-order valence-electron chi connectivity index (χ2n) is 7.52. The van der Waals surface area contributed by atoms with Crippen molar-refractivity contribution in [3.05, 3.63) is 54.1 Å². The van der Waals surface area contributed by atoms with Crippen LogP contribution in [-0.4, -0.2) is 34.8 Å². The van der Waals surface area contributed by atoms with Gasteiger partial charge in [0.05, 0.1) is 12.3 Å². The number of hydrogen-bond acceptors (Lipinski definition) is 6. The number of aryl methyl sites for hydroxylation is 1. The molecule has 0 aliphatic rings. The first-order valence-electron chi connectivity index (χ1n) is 10.4. The van der Waals surface area contributed by atoms with Crippen molar-refractivity contribution in [1.29, 1.82) is 0 Å². The highest BCUT2D eigenvalue weighted by Crippen LogP contribution is 2.27. The van der Waals surface area contributed by atoms with Crippen molar-refractivity contribution in [3.8, 4) is 16.3 Å². The maximum atomic E-state index is 12.9. The fraction of sp³-hybridized carbons (Fsp3) is 0.304. The second-order valence-corrected chi connectivity index (χ2v) is 8.49. The second kappa shape index (κ2) is 10.7. The maximum absolute atomic E-state index is 12.9. The first-order valence-corrected chi connectivity index (χ1v) is 11.2. The van der Waals surface area contributed by atoms with Gasteiger partial charge in [0.1, 0.15) is 16.8 Å². The summed E-state index contributed by atoms with van der Waals surface area (Å²) in [6.07, 6.45) is 0. The molecule has 168 valence electrons. The van der Waals surface area contributed by atoms with E-state index in [1.54, 1.807) is 18.2 Å². The number of carbonyl (C=O) groups is 2. The molecule has 3 rings (SSSR count). The molecule has 0 radical (unpaired) electrons. The SMILES string of the molecule is CCOc1ccccc1NC(=O)NC(C(=O)Nc1nnc(-c2ccc(C)cc2)s1)C(C)C. The van der Waals surface area contributed by atoms with Crippen LogP contribution >= 0.6 is 11.3 Å². The molecule has 2 aromatic carbocycles. The number of carbonyl (C=O) groups excluding carboxylic acids is 2. The van der Waals surface area contributed by atoms with Crippen LogP contribution in [0.5, 0.6) is 5.75 Å². The lowest BCUT2D eigenvalue weighted by Crippen LogP contribution is -2.48. The third kappa shape index (κ3) is 6.04. The Balaban J connectivity index is 1.65. The normalized spacial score (nSPS) is 11.7. The molecule has 9 heteroatoms. The van der Waals surface area contributed by atoms with Crippen molar-refractivity contribution >= 4 is 34.1 Å². The van der Waals surface area contributed by atoms with Gasteiger partial charge >= 0.3 is 6.03 Å². The van der Waals surface area contributed by atoms with Gasteiger partial charge < -0.3 is 15.4 Å². The number of anilines is 2. The van der Waals surface area contributed by atoms with Gasteiger partial charge in [-0.2, -0.15) is 0 Å². The number of rotatable bonds is 8. The Morgan fingerprint density at radius 2 is 1.75 bits per heavy atom. The Kier molecular flexibility index (Phi) is 7.77. The van der Waals surface area contributed by atoms with Crippen molar-refractivity contribution in [3.63, 3.8) is 0 Å². The first kappa shape index (κ1) is 23.2. The summed E-state index contributed by atoms with van der Waals surface area (Å²) in [6, 6.07) is 13.8. The fourth-order valence-corrected chi connectivity index (χ4v) is 3.71. The number of ether oxygens (including phenoxy) is 1. The van der Waals surface area contributed by atoms with Crippen LogP contribution in [0.25, 0.3) is 10.6 Å². The standard InChI is InChI=1S/C23H27N5O3S/c1-5-31-18-9-7-6-8-17(18)24-22(30)25-19(14(2)3)20(29)26-23-28-27-21(32-23)16-12-10-15(4)11-13-16/h6-14,19H,5H2,1-4H3,(H2,24,25,30)(H,26,28,29). The lowest BCUT2D eigenvalue weighted by atomic mass is 10.0. The summed E-state index contributed by atoms with van der Waals surface area (Å²) in [4.78, 5) is 25.4. The first-order chi connectivity index (χ1) is 15.4. The Morgan fingerprint density at radius 1 is 1.03 bits per heavy atom. The molecular weight excluding hydrogens is 426 g/mol. The highest BCUT2D eigenvalue weighted by atomic mass is 32.1. The summed E-state index contributed by atoms with van der Waals surface area (Å²) in [6.45, 7) is 8.07. The Labute approximate surface area is 191 Å². The third-order valence-electron chi connectivity index (χ3n) is 4.62. The minimum absolute atomic E-state index is 0.146. The lowest BCUT2D eigenvalue weighted by molar-refractivity contribution is -0.118. The number of amides is 3. The summed E-state index contributed by atoms with van der Waals surface area (Å²) in [7, 11) is 0. The van der Waals surface area contributed by atoms with Gasteiger partial charge in [-0.05, 0) is 31.9 Å². The predicted octanol–water partition coefficient (Wildman–Crippen LogP) is 4.70. The minimum atomic E-state index is -0.763. The van der Waals surface area contributed by atoms with Crippen LogP contribution in [0.2, 0.25) is 0 Å². The number of nitrogens with zero attached hydrogens (tertiary/aromatic N) is 2. The average molecular weight is 454 g/mol. The summed E-state index contributed by atoms with van der Waals surface area (Å²) in [5.41, 5.74) is 2.61. The molecular formula is C23H27N5O3S. The highest BCUT2D eigenvalue weighted by molar-refractivity contribution is 7.18.